The van der Waals surface area contributed by atoms with Crippen LogP contribution in [0.5, 0.6) is 11.5 Å². The molecule has 2 N–H and O–H groups in total. The maximum atomic E-state index is 11.9. The van der Waals surface area contributed by atoms with Crippen LogP contribution in [0.25, 0.3) is 0 Å². The molecule has 0 spiro atoms. The fraction of sp³-hybridized carbons (Fsp3) is 0.0667. The number of nitrogens with zero attached hydrogens (tertiary/aromatic N) is 2. The molecule has 0 fully saturated rings. The summed E-state index contributed by atoms with van der Waals surface area (Å²) in [4.78, 5) is 21.9. The summed E-state index contributed by atoms with van der Waals surface area (Å²) in [5.41, 5.74) is 2.39. The highest BCUT2D eigenvalue weighted by atomic mass is 16.6. The van der Waals surface area contributed by atoms with Gasteiger partial charge in [-0.1, -0.05) is 0 Å². The molecule has 0 aliphatic rings. The second-order valence-electron chi connectivity index (χ2n) is 4.43. The van der Waals surface area contributed by atoms with Gasteiger partial charge in [-0.25, -0.2) is 5.43 Å². The number of rotatable bonds is 5. The molecule has 23 heavy (non-hydrogen) atoms. The lowest BCUT2D eigenvalue weighted by Crippen LogP contribution is -2.18. The van der Waals surface area contributed by atoms with Crippen LogP contribution in [0.1, 0.15) is 15.9 Å². The normalized spacial score (nSPS) is 10.5. The van der Waals surface area contributed by atoms with Gasteiger partial charge in [-0.2, -0.15) is 5.10 Å². The second-order valence-corrected chi connectivity index (χ2v) is 4.43. The zero-order valence-corrected chi connectivity index (χ0v) is 12.1. The van der Waals surface area contributed by atoms with E-state index in [9.17, 15) is 20.0 Å². The number of hydrogen-bond donors (Lipinski definition) is 2. The topological polar surface area (TPSA) is 114 Å². The number of hydrazone groups is 1. The minimum atomic E-state index is -0.754. The van der Waals surface area contributed by atoms with Crippen molar-refractivity contribution in [1.82, 2.24) is 5.43 Å². The Hall–Kier alpha value is -3.42. The Morgan fingerprint density at radius 3 is 2.61 bits per heavy atom. The van der Waals surface area contributed by atoms with Crippen molar-refractivity contribution < 1.29 is 19.6 Å². The molecule has 0 aliphatic carbocycles. The first-order valence-electron chi connectivity index (χ1n) is 6.46. The van der Waals surface area contributed by atoms with Crippen LogP contribution in [0.15, 0.2) is 47.6 Å². The molecule has 2 rings (SSSR count). The van der Waals surface area contributed by atoms with E-state index in [-0.39, 0.29) is 17.0 Å². The molecule has 1 amide bonds. The van der Waals surface area contributed by atoms with Gasteiger partial charge in [0.15, 0.2) is 0 Å². The lowest BCUT2D eigenvalue weighted by Gasteiger charge is -2.03. The van der Waals surface area contributed by atoms with Crippen LogP contribution >= 0.6 is 0 Å². The number of nitrogens with one attached hydrogen (secondary N) is 1. The van der Waals surface area contributed by atoms with Crippen LogP contribution < -0.4 is 10.2 Å². The molecule has 0 atom stereocenters. The van der Waals surface area contributed by atoms with Crippen molar-refractivity contribution in [3.8, 4) is 11.5 Å². The van der Waals surface area contributed by atoms with Gasteiger partial charge in [0, 0.05) is 12.1 Å². The number of phenols is 1. The summed E-state index contributed by atoms with van der Waals surface area (Å²) in [5.74, 6) is -0.434. The fourth-order valence-corrected chi connectivity index (χ4v) is 1.74. The number of nitro benzene ring substituents is 1. The highest BCUT2D eigenvalue weighted by molar-refractivity contribution is 5.97. The first-order chi connectivity index (χ1) is 11.0. The average molecular weight is 315 g/mol. The Kier molecular flexibility index (Phi) is 4.88. The Bertz CT molecular complexity index is 756. The van der Waals surface area contributed by atoms with Gasteiger partial charge in [0.05, 0.1) is 23.8 Å². The number of carbonyl (C=O) groups excluding carboxylic acids is 1. The van der Waals surface area contributed by atoms with Gasteiger partial charge in [-0.15, -0.1) is 0 Å². The zero-order chi connectivity index (χ0) is 16.8. The Balaban J connectivity index is 2.08. The zero-order valence-electron chi connectivity index (χ0n) is 12.1. The van der Waals surface area contributed by atoms with Gasteiger partial charge >= 0.3 is 0 Å². The van der Waals surface area contributed by atoms with Crippen LogP contribution in [0.3, 0.4) is 0 Å². The molecule has 0 saturated heterocycles. The Morgan fingerprint density at radius 1 is 1.30 bits per heavy atom. The first-order valence-corrected chi connectivity index (χ1v) is 6.46. The molecule has 2 aromatic carbocycles. The first kappa shape index (κ1) is 16.0. The van der Waals surface area contributed by atoms with Crippen LogP contribution in [-0.4, -0.2) is 29.3 Å². The number of hydrogen-bond acceptors (Lipinski definition) is 6. The number of carbonyl (C=O) groups is 1. The Morgan fingerprint density at radius 2 is 2.00 bits per heavy atom. The molecule has 0 bridgehead atoms. The lowest BCUT2D eigenvalue weighted by molar-refractivity contribution is -0.384. The van der Waals surface area contributed by atoms with Gasteiger partial charge in [0.1, 0.15) is 11.5 Å². The Labute approximate surface area is 131 Å². The van der Waals surface area contributed by atoms with Crippen molar-refractivity contribution in [2.45, 2.75) is 0 Å². The van der Waals surface area contributed by atoms with E-state index in [4.69, 9.17) is 4.74 Å². The van der Waals surface area contributed by atoms with E-state index in [1.54, 1.807) is 31.4 Å². The molecule has 0 unspecified atom stereocenters. The average Bonchev–Trinajstić information content (AvgIpc) is 2.55. The standard InChI is InChI=1S/C15H13N3O5/c1-23-12-5-2-10(3-6-12)9-16-17-15(20)13-8-11(18(21)22)4-7-14(13)19/h2-9,19H,1H3,(H,17,20). The number of benzene rings is 2. The van der Waals surface area contributed by atoms with E-state index < -0.39 is 10.8 Å². The van der Waals surface area contributed by atoms with Crippen molar-refractivity contribution in [2.24, 2.45) is 5.10 Å². The summed E-state index contributed by atoms with van der Waals surface area (Å²) in [6, 6.07) is 10.1. The fourth-order valence-electron chi connectivity index (χ4n) is 1.74. The summed E-state index contributed by atoms with van der Waals surface area (Å²) >= 11 is 0. The highest BCUT2D eigenvalue weighted by Crippen LogP contribution is 2.22. The molecule has 0 saturated carbocycles. The molecule has 8 heteroatoms. The van der Waals surface area contributed by atoms with Crippen LogP contribution in [0.4, 0.5) is 5.69 Å². The van der Waals surface area contributed by atoms with E-state index in [0.29, 0.717) is 5.75 Å². The molecule has 2 aromatic rings. The van der Waals surface area contributed by atoms with Crippen LogP contribution in [-0.2, 0) is 0 Å². The number of phenolic OH excluding ortho intramolecular Hbond substituents is 1. The quantitative estimate of drug-likeness (QED) is 0.498. The summed E-state index contributed by atoms with van der Waals surface area (Å²) in [7, 11) is 1.55. The van der Waals surface area contributed by atoms with Crippen molar-refractivity contribution in [2.75, 3.05) is 7.11 Å². The van der Waals surface area contributed by atoms with Crippen molar-refractivity contribution in [3.63, 3.8) is 0 Å². The molecule has 0 heterocycles. The molecular weight excluding hydrogens is 302 g/mol. The minimum absolute atomic E-state index is 0.230. The van der Waals surface area contributed by atoms with Crippen molar-refractivity contribution in [1.29, 1.82) is 0 Å². The lowest BCUT2D eigenvalue weighted by atomic mass is 10.1. The summed E-state index contributed by atoms with van der Waals surface area (Å²) in [6.07, 6.45) is 1.39. The summed E-state index contributed by atoms with van der Waals surface area (Å²) in [5, 5.41) is 24.0. The van der Waals surface area contributed by atoms with E-state index in [0.717, 1.165) is 23.8 Å². The number of methoxy groups -OCH3 is 1. The molecule has 118 valence electrons. The molecule has 0 radical (unpaired) electrons. The third-order valence-corrected chi connectivity index (χ3v) is 2.93. The summed E-state index contributed by atoms with van der Waals surface area (Å²) in [6.45, 7) is 0. The monoisotopic (exact) mass is 315 g/mol. The molecule has 0 aliphatic heterocycles. The number of ether oxygens (including phenoxy) is 1. The van der Waals surface area contributed by atoms with E-state index in [1.165, 1.54) is 6.21 Å². The summed E-state index contributed by atoms with van der Waals surface area (Å²) < 4.78 is 5.02. The third-order valence-electron chi connectivity index (χ3n) is 2.93. The van der Waals surface area contributed by atoms with E-state index in [2.05, 4.69) is 10.5 Å². The van der Waals surface area contributed by atoms with Gasteiger partial charge in [-0.05, 0) is 35.9 Å². The van der Waals surface area contributed by atoms with E-state index in [1.807, 2.05) is 0 Å². The number of non-ortho nitro benzene ring substituents is 1. The largest absolute Gasteiger partial charge is 0.507 e. The van der Waals surface area contributed by atoms with Gasteiger partial charge in [-0.3, -0.25) is 14.9 Å². The SMILES string of the molecule is COc1ccc(C=NNC(=O)c2cc([N+](=O)[O-])ccc2O)cc1. The number of nitro groups is 1. The molecular formula is C15H13N3O5. The predicted molar refractivity (Wildman–Crippen MR) is 82.8 cm³/mol. The van der Waals surface area contributed by atoms with Crippen molar-refractivity contribution in [3.05, 3.63) is 63.7 Å². The van der Waals surface area contributed by atoms with E-state index >= 15 is 0 Å². The number of aromatic hydroxyl groups is 1. The highest BCUT2D eigenvalue weighted by Gasteiger charge is 2.15. The van der Waals surface area contributed by atoms with Gasteiger partial charge in [0.2, 0.25) is 0 Å². The van der Waals surface area contributed by atoms with Gasteiger partial charge in [0.25, 0.3) is 11.6 Å². The van der Waals surface area contributed by atoms with Crippen LogP contribution in [0.2, 0.25) is 0 Å². The van der Waals surface area contributed by atoms with Gasteiger partial charge < -0.3 is 9.84 Å². The van der Waals surface area contributed by atoms with Crippen LogP contribution in [0, 0.1) is 10.1 Å². The molecule has 8 nitrogen and oxygen atoms in total. The number of amides is 1. The second kappa shape index (κ2) is 7.03. The maximum Gasteiger partial charge on any atom is 0.275 e. The maximum absolute atomic E-state index is 11.9. The molecule has 0 aromatic heterocycles. The smallest absolute Gasteiger partial charge is 0.275 e. The minimum Gasteiger partial charge on any atom is -0.507 e. The predicted octanol–water partition coefficient (Wildman–Crippen LogP) is 2.07. The third kappa shape index (κ3) is 4.03. The van der Waals surface area contributed by atoms with Crippen molar-refractivity contribution >= 4 is 17.8 Å².